The predicted molar refractivity (Wildman–Crippen MR) is 112 cm³/mol. The molecular formula is C22H45N3. The zero-order valence-electron chi connectivity index (χ0n) is 17.0. The third-order valence-electron chi connectivity index (χ3n) is 5.14. The van der Waals surface area contributed by atoms with E-state index in [0.29, 0.717) is 0 Å². The Hall–Kier alpha value is -0.380. The highest BCUT2D eigenvalue weighted by Crippen LogP contribution is 2.12. The molecule has 0 aromatic rings. The lowest BCUT2D eigenvalue weighted by molar-refractivity contribution is 0.232. The van der Waals surface area contributed by atoms with E-state index < -0.39 is 0 Å². The van der Waals surface area contributed by atoms with Crippen LogP contribution in [0.1, 0.15) is 103 Å². The molecule has 1 aliphatic rings. The third kappa shape index (κ3) is 15.6. The maximum atomic E-state index is 3.47. The number of rotatable bonds is 18. The van der Waals surface area contributed by atoms with E-state index in [2.05, 4.69) is 34.8 Å². The van der Waals surface area contributed by atoms with Gasteiger partial charge in [0.1, 0.15) is 0 Å². The second-order valence-electron chi connectivity index (χ2n) is 7.62. The molecule has 2 N–H and O–H groups in total. The van der Waals surface area contributed by atoms with Gasteiger partial charge in [0.2, 0.25) is 0 Å². The average Bonchev–Trinajstić information content (AvgIpc) is 3.14. The number of allylic oxidation sites excluding steroid dienone is 2. The first-order chi connectivity index (χ1) is 12.4. The lowest BCUT2D eigenvalue weighted by atomic mass is 10.0. The fourth-order valence-electron chi connectivity index (χ4n) is 3.44. The van der Waals surface area contributed by atoms with Gasteiger partial charge in [0.05, 0.1) is 6.67 Å². The van der Waals surface area contributed by atoms with E-state index in [9.17, 15) is 0 Å². The highest BCUT2D eigenvalue weighted by Gasteiger charge is 2.08. The molecule has 0 bridgehead atoms. The summed E-state index contributed by atoms with van der Waals surface area (Å²) < 4.78 is 0. The van der Waals surface area contributed by atoms with Gasteiger partial charge in [-0.2, -0.15) is 0 Å². The minimum Gasteiger partial charge on any atom is -0.302 e. The van der Waals surface area contributed by atoms with Crippen molar-refractivity contribution in [2.24, 2.45) is 0 Å². The molecule has 0 aliphatic carbocycles. The topological polar surface area (TPSA) is 27.3 Å². The van der Waals surface area contributed by atoms with Crippen molar-refractivity contribution >= 4 is 0 Å². The molecular weight excluding hydrogens is 306 g/mol. The van der Waals surface area contributed by atoms with Gasteiger partial charge in [-0.25, -0.2) is 5.01 Å². The highest BCUT2D eigenvalue weighted by atomic mass is 15.6. The van der Waals surface area contributed by atoms with Crippen LogP contribution >= 0.6 is 0 Å². The molecule has 3 nitrogen and oxygen atoms in total. The van der Waals surface area contributed by atoms with E-state index in [0.717, 1.165) is 26.3 Å². The molecule has 0 radical (unpaired) electrons. The summed E-state index contributed by atoms with van der Waals surface area (Å²) in [5, 5.41) is 5.60. The van der Waals surface area contributed by atoms with Gasteiger partial charge in [0.15, 0.2) is 0 Å². The fraction of sp³-hybridized carbons (Fsp3) is 0.909. The number of hydrogen-bond acceptors (Lipinski definition) is 3. The smallest absolute Gasteiger partial charge is 0.0621 e. The SMILES string of the molecule is CCCCCCCCCCCCCCC=CCCCNN1CCNC1. The molecule has 0 aromatic heterocycles. The van der Waals surface area contributed by atoms with Crippen molar-refractivity contribution in [2.75, 3.05) is 26.3 Å². The summed E-state index contributed by atoms with van der Waals surface area (Å²) in [4.78, 5) is 0. The van der Waals surface area contributed by atoms with Crippen LogP contribution in [0.15, 0.2) is 12.2 Å². The van der Waals surface area contributed by atoms with Crippen LogP contribution in [0, 0.1) is 0 Å². The van der Waals surface area contributed by atoms with Gasteiger partial charge < -0.3 is 5.32 Å². The molecule has 1 fully saturated rings. The van der Waals surface area contributed by atoms with Crippen LogP contribution < -0.4 is 10.7 Å². The molecule has 148 valence electrons. The number of hydrogen-bond donors (Lipinski definition) is 2. The van der Waals surface area contributed by atoms with Crippen LogP contribution in [0.3, 0.4) is 0 Å². The van der Waals surface area contributed by atoms with Gasteiger partial charge in [-0.05, 0) is 25.7 Å². The van der Waals surface area contributed by atoms with Crippen molar-refractivity contribution < 1.29 is 0 Å². The standard InChI is InChI=1S/C22H45N3/c1-2-3-4-5-6-7-8-9-10-11-12-13-14-15-16-17-18-19-24-25-21-20-23-22-25/h15-16,23-24H,2-14,17-22H2,1H3. The maximum absolute atomic E-state index is 3.47. The van der Waals surface area contributed by atoms with Crippen LogP contribution in [0.2, 0.25) is 0 Å². The largest absolute Gasteiger partial charge is 0.302 e. The molecule has 1 aliphatic heterocycles. The Balaban J connectivity index is 1.68. The van der Waals surface area contributed by atoms with Crippen LogP contribution in [0.5, 0.6) is 0 Å². The summed E-state index contributed by atoms with van der Waals surface area (Å²) in [6, 6.07) is 0. The number of nitrogens with one attached hydrogen (secondary N) is 2. The van der Waals surface area contributed by atoms with Gasteiger partial charge in [-0.15, -0.1) is 0 Å². The van der Waals surface area contributed by atoms with Crippen LogP contribution in [-0.2, 0) is 0 Å². The molecule has 0 amide bonds. The lowest BCUT2D eigenvalue weighted by Gasteiger charge is -2.14. The fourth-order valence-corrected chi connectivity index (χ4v) is 3.44. The predicted octanol–water partition coefficient (Wildman–Crippen LogP) is 5.78. The van der Waals surface area contributed by atoms with Gasteiger partial charge in [-0.3, -0.25) is 5.43 Å². The second-order valence-corrected chi connectivity index (χ2v) is 7.62. The molecule has 3 heteroatoms. The molecule has 1 heterocycles. The van der Waals surface area contributed by atoms with E-state index in [-0.39, 0.29) is 0 Å². The Morgan fingerprint density at radius 3 is 1.88 bits per heavy atom. The zero-order valence-corrected chi connectivity index (χ0v) is 17.0. The van der Waals surface area contributed by atoms with E-state index in [4.69, 9.17) is 0 Å². The average molecular weight is 352 g/mol. The first-order valence-corrected chi connectivity index (χ1v) is 11.3. The second kappa shape index (κ2) is 18.4. The lowest BCUT2D eigenvalue weighted by Crippen LogP contribution is -2.37. The Bertz CT molecular complexity index is 285. The van der Waals surface area contributed by atoms with Crippen LogP contribution in [-0.4, -0.2) is 31.3 Å². The molecule has 0 atom stereocenters. The molecule has 0 spiro atoms. The van der Waals surface area contributed by atoms with Crippen molar-refractivity contribution in [3.05, 3.63) is 12.2 Å². The minimum absolute atomic E-state index is 0.995. The van der Waals surface area contributed by atoms with Gasteiger partial charge in [0, 0.05) is 19.6 Å². The van der Waals surface area contributed by atoms with Crippen molar-refractivity contribution in [2.45, 2.75) is 103 Å². The summed E-state index contributed by atoms with van der Waals surface area (Å²) in [5.74, 6) is 0. The van der Waals surface area contributed by atoms with Crippen molar-refractivity contribution in [1.29, 1.82) is 0 Å². The minimum atomic E-state index is 0.995. The monoisotopic (exact) mass is 351 g/mol. The Morgan fingerprint density at radius 2 is 1.32 bits per heavy atom. The maximum Gasteiger partial charge on any atom is 0.0621 e. The van der Waals surface area contributed by atoms with Crippen molar-refractivity contribution in [1.82, 2.24) is 15.8 Å². The van der Waals surface area contributed by atoms with Crippen LogP contribution in [0.25, 0.3) is 0 Å². The molecule has 25 heavy (non-hydrogen) atoms. The van der Waals surface area contributed by atoms with E-state index >= 15 is 0 Å². The quantitative estimate of drug-likeness (QED) is 0.242. The Labute approximate surface area is 158 Å². The van der Waals surface area contributed by atoms with Gasteiger partial charge in [-0.1, -0.05) is 89.7 Å². The summed E-state index contributed by atoms with van der Waals surface area (Å²) in [5.41, 5.74) is 3.47. The summed E-state index contributed by atoms with van der Waals surface area (Å²) in [6.45, 7) is 6.64. The third-order valence-corrected chi connectivity index (χ3v) is 5.14. The summed E-state index contributed by atoms with van der Waals surface area (Å²) in [6.07, 6.45) is 25.8. The Kier molecular flexibility index (Phi) is 16.7. The van der Waals surface area contributed by atoms with Crippen molar-refractivity contribution in [3.8, 4) is 0 Å². The van der Waals surface area contributed by atoms with Crippen LogP contribution in [0.4, 0.5) is 0 Å². The zero-order chi connectivity index (χ0) is 17.8. The molecule has 0 saturated carbocycles. The first kappa shape index (κ1) is 22.7. The normalized spacial score (nSPS) is 15.6. The van der Waals surface area contributed by atoms with Crippen molar-refractivity contribution in [3.63, 3.8) is 0 Å². The summed E-state index contributed by atoms with van der Waals surface area (Å²) >= 11 is 0. The number of unbranched alkanes of at least 4 members (excludes halogenated alkanes) is 13. The molecule has 1 saturated heterocycles. The Morgan fingerprint density at radius 1 is 0.760 bits per heavy atom. The van der Waals surface area contributed by atoms with E-state index in [1.807, 2.05) is 0 Å². The molecule has 0 aromatic carbocycles. The van der Waals surface area contributed by atoms with Gasteiger partial charge in [0.25, 0.3) is 0 Å². The number of nitrogens with zero attached hydrogens (tertiary/aromatic N) is 1. The first-order valence-electron chi connectivity index (χ1n) is 11.3. The molecule has 0 unspecified atom stereocenters. The number of hydrazine groups is 1. The highest BCUT2D eigenvalue weighted by molar-refractivity contribution is 4.81. The van der Waals surface area contributed by atoms with E-state index in [1.165, 1.54) is 96.3 Å². The van der Waals surface area contributed by atoms with Gasteiger partial charge >= 0.3 is 0 Å². The summed E-state index contributed by atoms with van der Waals surface area (Å²) in [7, 11) is 0. The molecule has 1 rings (SSSR count). The van der Waals surface area contributed by atoms with E-state index in [1.54, 1.807) is 0 Å².